The van der Waals surface area contributed by atoms with E-state index >= 15 is 0 Å². The minimum absolute atomic E-state index is 0.0671. The molecule has 1 N–H and O–H groups in total. The molecule has 1 aliphatic heterocycles. The molecule has 0 saturated carbocycles. The molecule has 2 aromatic carbocycles. The lowest BCUT2D eigenvalue weighted by molar-refractivity contribution is -0.122. The lowest BCUT2D eigenvalue weighted by Crippen LogP contribution is -2.37. The average Bonchev–Trinajstić information content (AvgIpc) is 3.22. The first kappa shape index (κ1) is 20.3. The van der Waals surface area contributed by atoms with Gasteiger partial charge in [-0.1, -0.05) is 0 Å². The number of hydrogen-bond acceptors (Lipinski definition) is 5. The molecule has 9 nitrogen and oxygen atoms in total. The number of amides is 2. The molecule has 0 aliphatic carbocycles. The maximum absolute atomic E-state index is 13.2. The van der Waals surface area contributed by atoms with E-state index in [-0.39, 0.29) is 24.5 Å². The van der Waals surface area contributed by atoms with E-state index in [0.717, 1.165) is 27.4 Å². The van der Waals surface area contributed by atoms with Crippen LogP contribution in [0.15, 0.2) is 47.3 Å². The lowest BCUT2D eigenvalue weighted by atomic mass is 10.2. The molecule has 1 aromatic heterocycles. The Morgan fingerprint density at radius 2 is 1.81 bits per heavy atom. The van der Waals surface area contributed by atoms with Crippen molar-refractivity contribution in [2.45, 2.75) is 19.6 Å². The Morgan fingerprint density at radius 1 is 1.13 bits per heavy atom. The van der Waals surface area contributed by atoms with Crippen molar-refractivity contribution in [3.63, 3.8) is 0 Å². The van der Waals surface area contributed by atoms with Crippen LogP contribution in [0.3, 0.4) is 0 Å². The number of methoxy groups -OCH3 is 1. The predicted octanol–water partition coefficient (Wildman–Crippen LogP) is 1.64. The molecule has 2 heterocycles. The van der Waals surface area contributed by atoms with Crippen molar-refractivity contribution in [3.8, 4) is 5.75 Å². The normalized spacial score (nSPS) is 12.7. The van der Waals surface area contributed by atoms with Crippen LogP contribution in [0.5, 0.6) is 5.75 Å². The number of carbonyl (C=O) groups is 2. The first-order valence-electron chi connectivity index (χ1n) is 9.22. The van der Waals surface area contributed by atoms with Gasteiger partial charge in [0.15, 0.2) is 5.82 Å². The zero-order valence-corrected chi connectivity index (χ0v) is 16.3. The Kier molecular flexibility index (Phi) is 5.24. The van der Waals surface area contributed by atoms with Crippen LogP contribution < -0.4 is 20.6 Å². The summed E-state index contributed by atoms with van der Waals surface area (Å²) in [5, 5.41) is 6.53. The number of hydrogen-bond donors (Lipinski definition) is 1. The molecule has 1 aliphatic rings. The molecule has 0 bridgehead atoms. The Bertz CT molecular complexity index is 1200. The van der Waals surface area contributed by atoms with Gasteiger partial charge < -0.3 is 10.1 Å². The van der Waals surface area contributed by atoms with Gasteiger partial charge in [-0.25, -0.2) is 23.1 Å². The largest absolute Gasteiger partial charge is 0.497 e. The smallest absolute Gasteiger partial charge is 0.354 e. The number of anilines is 1. The monoisotopic (exact) mass is 429 g/mol. The van der Waals surface area contributed by atoms with Crippen LogP contribution in [-0.4, -0.2) is 33.4 Å². The van der Waals surface area contributed by atoms with Crippen molar-refractivity contribution in [2.24, 2.45) is 0 Å². The van der Waals surface area contributed by atoms with Gasteiger partial charge in [0.05, 0.1) is 13.7 Å². The zero-order chi connectivity index (χ0) is 22.1. The molecule has 4 rings (SSSR count). The highest BCUT2D eigenvalue weighted by molar-refractivity contribution is 5.96. The fraction of sp³-hybridized carbons (Fsp3) is 0.200. The number of rotatable bonds is 6. The van der Waals surface area contributed by atoms with Crippen molar-refractivity contribution >= 4 is 17.6 Å². The number of carbonyl (C=O) groups excluding carboxylic acids is 2. The van der Waals surface area contributed by atoms with E-state index in [0.29, 0.717) is 11.4 Å². The molecule has 0 spiro atoms. The van der Waals surface area contributed by atoms with E-state index in [1.807, 2.05) is 0 Å². The highest BCUT2D eigenvalue weighted by Crippen LogP contribution is 2.24. The molecular weight excluding hydrogens is 412 g/mol. The Labute approximate surface area is 174 Å². The van der Waals surface area contributed by atoms with Crippen LogP contribution in [-0.2, 0) is 24.4 Å². The van der Waals surface area contributed by atoms with Crippen LogP contribution >= 0.6 is 0 Å². The van der Waals surface area contributed by atoms with E-state index in [2.05, 4.69) is 10.4 Å². The summed E-state index contributed by atoms with van der Waals surface area (Å²) in [6.07, 6.45) is 0. The zero-order valence-electron chi connectivity index (χ0n) is 16.3. The Hall–Kier alpha value is -4.02. The summed E-state index contributed by atoms with van der Waals surface area (Å²) in [6.45, 7) is -0.496. The molecule has 2 amide bonds. The van der Waals surface area contributed by atoms with Gasteiger partial charge in [-0.3, -0.25) is 9.69 Å². The fourth-order valence-electron chi connectivity index (χ4n) is 3.25. The summed E-state index contributed by atoms with van der Waals surface area (Å²) in [7, 11) is 1.53. The van der Waals surface area contributed by atoms with Gasteiger partial charge in [0, 0.05) is 18.3 Å². The molecule has 11 heteroatoms. The van der Waals surface area contributed by atoms with Crippen LogP contribution in [0.4, 0.5) is 19.3 Å². The number of fused-ring (bicyclic) bond motifs is 1. The van der Waals surface area contributed by atoms with Crippen molar-refractivity contribution < 1.29 is 23.1 Å². The van der Waals surface area contributed by atoms with Gasteiger partial charge in [-0.05, 0) is 42.0 Å². The molecule has 0 radical (unpaired) electrons. The third-order valence-electron chi connectivity index (χ3n) is 4.72. The van der Waals surface area contributed by atoms with Crippen LogP contribution in [0.1, 0.15) is 11.4 Å². The molecule has 3 aromatic rings. The van der Waals surface area contributed by atoms with E-state index in [1.165, 1.54) is 12.0 Å². The van der Waals surface area contributed by atoms with Gasteiger partial charge >= 0.3 is 11.7 Å². The summed E-state index contributed by atoms with van der Waals surface area (Å²) < 4.78 is 33.3. The highest BCUT2D eigenvalue weighted by Gasteiger charge is 2.33. The van der Waals surface area contributed by atoms with E-state index in [9.17, 15) is 23.2 Å². The first-order valence-corrected chi connectivity index (χ1v) is 9.22. The van der Waals surface area contributed by atoms with E-state index < -0.39 is 35.8 Å². The van der Waals surface area contributed by atoms with E-state index in [1.54, 1.807) is 24.3 Å². The summed E-state index contributed by atoms with van der Waals surface area (Å²) in [6, 6.07) is 9.08. The van der Waals surface area contributed by atoms with Gasteiger partial charge in [-0.2, -0.15) is 9.67 Å². The van der Waals surface area contributed by atoms with Crippen LogP contribution in [0.2, 0.25) is 0 Å². The summed E-state index contributed by atoms with van der Waals surface area (Å²) in [5.41, 5.74) is 0.0566. The first-order chi connectivity index (χ1) is 14.9. The SMILES string of the molecule is COc1ccc(N2Cc3nn(CC(=O)NCc4cc(F)cc(F)c4)c(=O)n3C2=O)cc1. The number of benzene rings is 2. The maximum Gasteiger partial charge on any atom is 0.354 e. The fourth-order valence-corrected chi connectivity index (χ4v) is 3.25. The topological polar surface area (TPSA) is 98.5 Å². The highest BCUT2D eigenvalue weighted by atomic mass is 19.1. The molecule has 0 atom stereocenters. The lowest BCUT2D eigenvalue weighted by Gasteiger charge is -2.15. The van der Waals surface area contributed by atoms with Crippen molar-refractivity contribution in [3.05, 3.63) is 76.0 Å². The summed E-state index contributed by atoms with van der Waals surface area (Å²) in [4.78, 5) is 38.8. The quantitative estimate of drug-likeness (QED) is 0.642. The number of halogens is 2. The number of aromatic nitrogens is 3. The second-order valence-corrected chi connectivity index (χ2v) is 6.81. The van der Waals surface area contributed by atoms with Gasteiger partial charge in [-0.15, -0.1) is 0 Å². The second-order valence-electron chi connectivity index (χ2n) is 6.81. The number of ether oxygens (including phenoxy) is 1. The predicted molar refractivity (Wildman–Crippen MR) is 105 cm³/mol. The molecule has 0 saturated heterocycles. The van der Waals surface area contributed by atoms with Crippen LogP contribution in [0.25, 0.3) is 0 Å². The second kappa shape index (κ2) is 8.01. The average molecular weight is 429 g/mol. The molecule has 31 heavy (non-hydrogen) atoms. The molecule has 0 unspecified atom stereocenters. The number of nitrogens with zero attached hydrogens (tertiary/aromatic N) is 4. The van der Waals surface area contributed by atoms with Gasteiger partial charge in [0.2, 0.25) is 5.91 Å². The summed E-state index contributed by atoms with van der Waals surface area (Å²) in [5.74, 6) is -1.28. The summed E-state index contributed by atoms with van der Waals surface area (Å²) >= 11 is 0. The van der Waals surface area contributed by atoms with E-state index in [4.69, 9.17) is 4.74 Å². The third kappa shape index (κ3) is 4.02. The Balaban J connectivity index is 1.43. The Morgan fingerprint density at radius 3 is 2.42 bits per heavy atom. The minimum atomic E-state index is -0.758. The molecule has 0 fully saturated rings. The maximum atomic E-state index is 13.2. The van der Waals surface area contributed by atoms with Crippen molar-refractivity contribution in [1.82, 2.24) is 19.7 Å². The third-order valence-corrected chi connectivity index (χ3v) is 4.72. The van der Waals surface area contributed by atoms with Crippen LogP contribution in [0, 0.1) is 11.6 Å². The number of nitrogens with one attached hydrogen (secondary N) is 1. The van der Waals surface area contributed by atoms with Crippen molar-refractivity contribution in [2.75, 3.05) is 12.0 Å². The molecular formula is C20H17F2N5O4. The minimum Gasteiger partial charge on any atom is -0.497 e. The van der Waals surface area contributed by atoms with Gasteiger partial charge in [0.25, 0.3) is 0 Å². The van der Waals surface area contributed by atoms with Gasteiger partial charge in [0.1, 0.15) is 23.9 Å². The standard InChI is InChI=1S/C20H17F2N5O4/c1-31-16-4-2-15(3-5-16)25-10-17-24-26(20(30)27(17)19(25)29)11-18(28)23-9-12-6-13(21)8-14(22)7-12/h2-8H,9-11H2,1H3,(H,23,28). The molecule has 160 valence electrons. The van der Waals surface area contributed by atoms with Crippen molar-refractivity contribution in [1.29, 1.82) is 0 Å².